The lowest BCUT2D eigenvalue weighted by atomic mass is 10.5. The molecule has 0 saturated heterocycles. The average molecular weight is 120 g/mol. The summed E-state index contributed by atoms with van der Waals surface area (Å²) < 4.78 is 0. The Labute approximate surface area is 52.8 Å². The second-order valence-electron chi connectivity index (χ2n) is 1.43. The van der Waals surface area contributed by atoms with Crippen molar-refractivity contribution in [1.82, 2.24) is 4.98 Å². The van der Waals surface area contributed by atoms with Gasteiger partial charge in [0.1, 0.15) is 5.11 Å². The van der Waals surface area contributed by atoms with Crippen LogP contribution in [0.3, 0.4) is 0 Å². The zero-order valence-corrected chi connectivity index (χ0v) is 4.86. The van der Waals surface area contributed by atoms with E-state index in [1.807, 2.05) is 12.1 Å². The normalized spacial score (nSPS) is 8.00. The molecule has 3 nitrogen and oxygen atoms in total. The molecule has 0 amide bonds. The van der Waals surface area contributed by atoms with Crippen LogP contribution >= 0.6 is 0 Å². The summed E-state index contributed by atoms with van der Waals surface area (Å²) >= 11 is 0. The molecule has 1 heterocycles. The first-order valence-corrected chi connectivity index (χ1v) is 2.51. The van der Waals surface area contributed by atoms with Gasteiger partial charge in [0.15, 0.2) is 0 Å². The topological polar surface area (TPSA) is 39.4 Å². The number of pyridine rings is 1. The third-order valence-electron chi connectivity index (χ3n) is 0.822. The van der Waals surface area contributed by atoms with Crippen LogP contribution < -0.4 is 0 Å². The summed E-state index contributed by atoms with van der Waals surface area (Å²) in [5, 5.41) is 3.61. The Kier molecular flexibility index (Phi) is 1.73. The minimum absolute atomic E-state index is 0.590. The van der Waals surface area contributed by atoms with Gasteiger partial charge in [0.05, 0.1) is 0 Å². The van der Waals surface area contributed by atoms with Crippen molar-refractivity contribution >= 4 is 12.5 Å². The molecule has 9 heavy (non-hydrogen) atoms. The quantitative estimate of drug-likeness (QED) is 0.310. The molecule has 0 atom stereocenters. The third-order valence-corrected chi connectivity index (χ3v) is 0.822. The number of rotatable bonds is 1. The van der Waals surface area contributed by atoms with Crippen molar-refractivity contribution in [3.63, 3.8) is 0 Å². The Morgan fingerprint density at radius 3 is 3.00 bits per heavy atom. The number of aromatic nitrogens is 1. The Morgan fingerprint density at radius 1 is 1.56 bits per heavy atom. The summed E-state index contributed by atoms with van der Waals surface area (Å²) in [6.07, 6.45) is 1.66. The lowest BCUT2D eigenvalue weighted by Gasteiger charge is -1.77. The second kappa shape index (κ2) is 2.74. The highest BCUT2D eigenvalue weighted by atomic mass is 15.1. The molecule has 3 heteroatoms. The van der Waals surface area contributed by atoms with Crippen LogP contribution in [0.25, 0.3) is 0 Å². The fourth-order valence-corrected chi connectivity index (χ4v) is 0.485. The highest BCUT2D eigenvalue weighted by Crippen LogP contribution is 2.01. The molecule has 0 aromatic carbocycles. The van der Waals surface area contributed by atoms with Gasteiger partial charge in [-0.2, -0.15) is 0 Å². The molecule has 0 spiro atoms. The molecule has 0 aliphatic carbocycles. The molecule has 1 aromatic rings. The molecule has 0 unspecified atom stereocenters. The molecular formula is C6H6N3+. The van der Waals surface area contributed by atoms with Gasteiger partial charge in [-0.05, 0) is 12.1 Å². The van der Waals surface area contributed by atoms with E-state index in [1.54, 1.807) is 12.3 Å². The molecule has 0 aliphatic rings. The average Bonchev–Trinajstić information content (AvgIpc) is 1.91. The Hall–Kier alpha value is -1.47. The second-order valence-corrected chi connectivity index (χ2v) is 1.43. The van der Waals surface area contributed by atoms with Crippen molar-refractivity contribution in [2.45, 2.75) is 0 Å². The molecule has 1 rings (SSSR count). The van der Waals surface area contributed by atoms with E-state index in [0.29, 0.717) is 5.82 Å². The van der Waals surface area contributed by atoms with Crippen LogP contribution in [-0.2, 0) is 0 Å². The van der Waals surface area contributed by atoms with E-state index in [-0.39, 0.29) is 0 Å². The van der Waals surface area contributed by atoms with Crippen LogP contribution in [0, 0.1) is 0 Å². The summed E-state index contributed by atoms with van der Waals surface area (Å²) in [7, 11) is 0. The van der Waals surface area contributed by atoms with Crippen LogP contribution in [0.5, 0.6) is 0 Å². The van der Waals surface area contributed by atoms with E-state index >= 15 is 0 Å². The summed E-state index contributed by atoms with van der Waals surface area (Å²) in [6, 6.07) is 5.42. The molecule has 0 radical (unpaired) electrons. The van der Waals surface area contributed by atoms with Crippen LogP contribution in [0.2, 0.25) is 0 Å². The minimum Gasteiger partial charge on any atom is -0.231 e. The van der Waals surface area contributed by atoms with Crippen molar-refractivity contribution in [1.29, 1.82) is 0 Å². The zero-order chi connectivity index (χ0) is 6.53. The van der Waals surface area contributed by atoms with Crippen molar-refractivity contribution in [2.75, 3.05) is 0 Å². The molecule has 0 saturated carbocycles. The highest BCUT2D eigenvalue weighted by Gasteiger charge is 1.88. The predicted octanol–water partition coefficient (Wildman–Crippen LogP) is 1.07. The predicted molar refractivity (Wildman–Crippen MR) is 33.7 cm³/mol. The van der Waals surface area contributed by atoms with Gasteiger partial charge in [-0.15, -0.1) is 0 Å². The molecular weight excluding hydrogens is 114 g/mol. The monoisotopic (exact) mass is 120 g/mol. The van der Waals surface area contributed by atoms with E-state index in [4.69, 9.17) is 0 Å². The van der Waals surface area contributed by atoms with Crippen LogP contribution in [0.1, 0.15) is 0 Å². The van der Waals surface area contributed by atoms with E-state index in [2.05, 4.69) is 21.6 Å². The first kappa shape index (κ1) is 5.66. The van der Waals surface area contributed by atoms with Crippen molar-refractivity contribution in [3.8, 4) is 0 Å². The summed E-state index contributed by atoms with van der Waals surface area (Å²) in [6.45, 7) is 3.20. The molecule has 0 N–H and O–H groups in total. The zero-order valence-electron chi connectivity index (χ0n) is 4.86. The third kappa shape index (κ3) is 1.48. The maximum atomic E-state index is 3.87. The summed E-state index contributed by atoms with van der Waals surface area (Å²) in [5.41, 5.74) is 0. The molecule has 0 fully saturated rings. The van der Waals surface area contributed by atoms with E-state index in [9.17, 15) is 0 Å². The van der Waals surface area contributed by atoms with Crippen molar-refractivity contribution in [3.05, 3.63) is 24.4 Å². The summed E-state index contributed by atoms with van der Waals surface area (Å²) in [4.78, 5) is 7.19. The van der Waals surface area contributed by atoms with E-state index in [0.717, 1.165) is 0 Å². The Morgan fingerprint density at radius 2 is 2.44 bits per heavy atom. The number of hydrogen-bond donors (Lipinski definition) is 0. The Balaban J connectivity index is 2.97. The minimum atomic E-state index is 0.590. The number of hydrogen-bond acceptors (Lipinski definition) is 2. The fourth-order valence-electron chi connectivity index (χ4n) is 0.485. The smallest absolute Gasteiger partial charge is 0.231 e. The molecule has 1 aromatic heterocycles. The summed E-state index contributed by atoms with van der Waals surface area (Å²) in [5.74, 6) is 0.590. The van der Waals surface area contributed by atoms with Crippen LogP contribution in [0.4, 0.5) is 5.82 Å². The maximum absolute atomic E-state index is 3.87. The lowest BCUT2D eigenvalue weighted by Crippen LogP contribution is -1.68. The molecule has 0 bridgehead atoms. The SMILES string of the molecule is C=[N+]=Nc1ccccn1. The van der Waals surface area contributed by atoms with Crippen molar-refractivity contribution in [2.24, 2.45) is 5.11 Å². The lowest BCUT2D eigenvalue weighted by molar-refractivity contribution is -0.0639. The van der Waals surface area contributed by atoms with Crippen LogP contribution in [-0.4, -0.2) is 16.5 Å². The van der Waals surface area contributed by atoms with Gasteiger partial charge in [0.2, 0.25) is 5.82 Å². The van der Waals surface area contributed by atoms with Gasteiger partial charge >= 0.3 is 0 Å². The number of nitrogens with zero attached hydrogens (tertiary/aromatic N) is 3. The maximum Gasteiger partial charge on any atom is 0.296 e. The largest absolute Gasteiger partial charge is 0.296 e. The van der Waals surface area contributed by atoms with Gasteiger partial charge < -0.3 is 0 Å². The van der Waals surface area contributed by atoms with Crippen molar-refractivity contribution < 1.29 is 4.79 Å². The van der Waals surface area contributed by atoms with Gasteiger partial charge in [0.25, 0.3) is 6.72 Å². The van der Waals surface area contributed by atoms with E-state index in [1.165, 1.54) is 0 Å². The first-order valence-electron chi connectivity index (χ1n) is 2.51. The van der Waals surface area contributed by atoms with Gasteiger partial charge in [-0.3, -0.25) is 0 Å². The molecule has 0 aliphatic heterocycles. The Bertz CT molecular complexity index is 223. The van der Waals surface area contributed by atoms with Gasteiger partial charge in [0, 0.05) is 11.0 Å². The first-order chi connectivity index (χ1) is 4.43. The van der Waals surface area contributed by atoms with Crippen LogP contribution in [0.15, 0.2) is 29.5 Å². The fraction of sp³-hybridized carbons (Fsp3) is 0. The van der Waals surface area contributed by atoms with Gasteiger partial charge in [-0.25, -0.2) is 4.98 Å². The standard InChI is InChI=1S/C6H6N3/c1-7-9-6-4-2-3-5-8-6/h2-5H,1H2/q+1. The van der Waals surface area contributed by atoms with E-state index < -0.39 is 0 Å². The van der Waals surface area contributed by atoms with Gasteiger partial charge in [-0.1, -0.05) is 6.07 Å². The highest BCUT2D eigenvalue weighted by molar-refractivity contribution is 5.23. The molecule has 44 valence electrons.